The molecule has 0 aliphatic carbocycles. The Morgan fingerprint density at radius 1 is 1.26 bits per heavy atom. The zero-order valence-corrected chi connectivity index (χ0v) is 10.1. The van der Waals surface area contributed by atoms with E-state index in [1.807, 2.05) is 24.3 Å². The molecule has 0 amide bonds. The Morgan fingerprint density at radius 3 is 3.00 bits per heavy atom. The zero-order chi connectivity index (χ0) is 12.9. The molecule has 0 fully saturated rings. The topological polar surface area (TPSA) is 66.1 Å². The summed E-state index contributed by atoms with van der Waals surface area (Å²) in [5.74, 6) is 1.56. The van der Waals surface area contributed by atoms with Crippen molar-refractivity contribution >= 4 is 6.02 Å². The predicted octanol–water partition coefficient (Wildman–Crippen LogP) is 1.42. The van der Waals surface area contributed by atoms with E-state index < -0.39 is 5.54 Å². The third kappa shape index (κ3) is 1.32. The summed E-state index contributed by atoms with van der Waals surface area (Å²) in [6, 6.07) is 8.01. The fourth-order valence-corrected chi connectivity index (χ4v) is 2.73. The molecular formula is C14H12N2O3. The summed E-state index contributed by atoms with van der Waals surface area (Å²) >= 11 is 0. The van der Waals surface area contributed by atoms with Crippen LogP contribution in [0.3, 0.4) is 0 Å². The van der Waals surface area contributed by atoms with Gasteiger partial charge in [-0.2, -0.15) is 0 Å². The van der Waals surface area contributed by atoms with Crippen molar-refractivity contribution in [2.75, 3.05) is 13.2 Å². The first-order valence-electron chi connectivity index (χ1n) is 6.07. The van der Waals surface area contributed by atoms with Crippen LogP contribution in [0.25, 0.3) is 0 Å². The van der Waals surface area contributed by atoms with Crippen molar-refractivity contribution in [3.63, 3.8) is 0 Å². The van der Waals surface area contributed by atoms with Gasteiger partial charge in [-0.1, -0.05) is 18.2 Å². The van der Waals surface area contributed by atoms with Crippen LogP contribution in [-0.4, -0.2) is 19.2 Å². The van der Waals surface area contributed by atoms with Crippen molar-refractivity contribution in [1.82, 2.24) is 0 Å². The maximum atomic E-state index is 5.91. The van der Waals surface area contributed by atoms with Crippen LogP contribution in [0.4, 0.5) is 0 Å². The lowest BCUT2D eigenvalue weighted by Gasteiger charge is -2.35. The molecule has 1 aromatic carbocycles. The SMILES string of the molecule is NC1=NC2(CO1)C1=C(C=COC1)Oc1ccccc12. The van der Waals surface area contributed by atoms with E-state index in [2.05, 4.69) is 4.99 Å². The standard InChI is InChI=1S/C14H12N2O3/c15-13-16-14(8-18-13)9-3-1-2-4-11(9)19-12-5-6-17-7-10(12)14/h1-6H,7-8H2,(H2,15,16). The maximum Gasteiger partial charge on any atom is 0.283 e. The van der Waals surface area contributed by atoms with Crippen LogP contribution in [-0.2, 0) is 15.0 Å². The molecule has 5 nitrogen and oxygen atoms in total. The van der Waals surface area contributed by atoms with E-state index in [9.17, 15) is 0 Å². The average Bonchev–Trinajstić information content (AvgIpc) is 2.82. The highest BCUT2D eigenvalue weighted by atomic mass is 16.5. The van der Waals surface area contributed by atoms with Crippen molar-refractivity contribution in [1.29, 1.82) is 0 Å². The number of nitrogens with two attached hydrogens (primary N) is 1. The summed E-state index contributed by atoms with van der Waals surface area (Å²) in [5, 5.41) is 0. The van der Waals surface area contributed by atoms with Gasteiger partial charge >= 0.3 is 0 Å². The summed E-state index contributed by atoms with van der Waals surface area (Å²) < 4.78 is 16.7. The lowest BCUT2D eigenvalue weighted by Crippen LogP contribution is -2.36. The number of aliphatic imine (C=N–C) groups is 1. The second kappa shape index (κ2) is 3.54. The molecule has 0 aromatic heterocycles. The number of para-hydroxylation sites is 1. The van der Waals surface area contributed by atoms with Crippen LogP contribution in [0.15, 0.2) is 52.9 Å². The molecule has 1 aromatic rings. The van der Waals surface area contributed by atoms with Gasteiger partial charge in [0.05, 0.1) is 6.26 Å². The van der Waals surface area contributed by atoms with E-state index in [4.69, 9.17) is 19.9 Å². The molecule has 5 heteroatoms. The Morgan fingerprint density at radius 2 is 2.16 bits per heavy atom. The molecular weight excluding hydrogens is 244 g/mol. The summed E-state index contributed by atoms with van der Waals surface area (Å²) in [7, 11) is 0. The number of nitrogens with zero attached hydrogens (tertiary/aromatic N) is 1. The first kappa shape index (κ1) is 10.5. The third-order valence-electron chi connectivity index (χ3n) is 3.62. The molecule has 0 radical (unpaired) electrons. The molecule has 3 aliphatic heterocycles. The number of fused-ring (bicyclic) bond motifs is 3. The van der Waals surface area contributed by atoms with E-state index in [-0.39, 0.29) is 6.02 Å². The van der Waals surface area contributed by atoms with Gasteiger partial charge in [0.1, 0.15) is 24.7 Å². The van der Waals surface area contributed by atoms with Crippen LogP contribution in [0, 0.1) is 0 Å². The second-order valence-electron chi connectivity index (χ2n) is 4.65. The summed E-state index contributed by atoms with van der Waals surface area (Å²) in [5.41, 5.74) is 7.03. The van der Waals surface area contributed by atoms with Crippen molar-refractivity contribution < 1.29 is 14.2 Å². The van der Waals surface area contributed by atoms with Gasteiger partial charge in [0.15, 0.2) is 5.54 Å². The first-order valence-corrected chi connectivity index (χ1v) is 6.07. The van der Waals surface area contributed by atoms with Gasteiger partial charge in [-0.3, -0.25) is 0 Å². The van der Waals surface area contributed by atoms with Gasteiger partial charge in [0, 0.05) is 17.2 Å². The molecule has 19 heavy (non-hydrogen) atoms. The van der Waals surface area contributed by atoms with E-state index >= 15 is 0 Å². The van der Waals surface area contributed by atoms with Crippen molar-refractivity contribution in [3.05, 3.63) is 53.5 Å². The lowest BCUT2D eigenvalue weighted by atomic mass is 9.81. The normalized spacial score (nSPS) is 27.1. The Kier molecular flexibility index (Phi) is 1.95. The fraction of sp³-hybridized carbons (Fsp3) is 0.214. The highest BCUT2D eigenvalue weighted by molar-refractivity contribution is 5.76. The minimum atomic E-state index is -0.612. The Labute approximate surface area is 110 Å². The monoisotopic (exact) mass is 256 g/mol. The minimum absolute atomic E-state index is 0.207. The lowest BCUT2D eigenvalue weighted by molar-refractivity contribution is 0.202. The molecule has 1 spiro atoms. The van der Waals surface area contributed by atoms with Gasteiger partial charge < -0.3 is 19.9 Å². The van der Waals surface area contributed by atoms with Crippen LogP contribution in [0.2, 0.25) is 0 Å². The van der Waals surface area contributed by atoms with Gasteiger partial charge in [-0.25, -0.2) is 4.99 Å². The molecule has 96 valence electrons. The highest BCUT2D eigenvalue weighted by Gasteiger charge is 2.48. The molecule has 3 aliphatic rings. The summed E-state index contributed by atoms with van der Waals surface area (Å²) in [6.45, 7) is 0.815. The number of hydrogen-bond donors (Lipinski definition) is 1. The van der Waals surface area contributed by atoms with E-state index in [0.29, 0.717) is 13.2 Å². The van der Waals surface area contributed by atoms with Crippen molar-refractivity contribution in [2.45, 2.75) is 5.54 Å². The third-order valence-corrected chi connectivity index (χ3v) is 3.62. The van der Waals surface area contributed by atoms with Crippen LogP contribution in [0.1, 0.15) is 5.56 Å². The van der Waals surface area contributed by atoms with Crippen molar-refractivity contribution in [2.24, 2.45) is 10.7 Å². The Hall–Kier alpha value is -2.43. The predicted molar refractivity (Wildman–Crippen MR) is 68.4 cm³/mol. The molecule has 4 rings (SSSR count). The van der Waals surface area contributed by atoms with Gasteiger partial charge in [0.25, 0.3) is 6.02 Å². The molecule has 3 heterocycles. The average molecular weight is 256 g/mol. The first-order chi connectivity index (χ1) is 9.29. The number of allylic oxidation sites excluding steroid dienone is 1. The molecule has 0 bridgehead atoms. The fourth-order valence-electron chi connectivity index (χ4n) is 2.73. The second-order valence-corrected chi connectivity index (χ2v) is 4.65. The van der Waals surface area contributed by atoms with Crippen molar-refractivity contribution in [3.8, 4) is 5.75 Å². The van der Waals surface area contributed by atoms with Crippen LogP contribution in [0.5, 0.6) is 5.75 Å². The van der Waals surface area contributed by atoms with E-state index in [0.717, 1.165) is 22.6 Å². The van der Waals surface area contributed by atoms with E-state index in [1.165, 1.54) is 0 Å². The maximum absolute atomic E-state index is 5.91. The Balaban J connectivity index is 1.99. The number of rotatable bonds is 0. The smallest absolute Gasteiger partial charge is 0.283 e. The number of ether oxygens (including phenoxy) is 3. The molecule has 2 N–H and O–H groups in total. The number of benzene rings is 1. The number of amidine groups is 1. The molecule has 0 saturated heterocycles. The molecule has 1 atom stereocenters. The van der Waals surface area contributed by atoms with Gasteiger partial charge in [0.2, 0.25) is 0 Å². The van der Waals surface area contributed by atoms with Gasteiger partial charge in [-0.05, 0) is 6.07 Å². The number of hydrogen-bond acceptors (Lipinski definition) is 5. The minimum Gasteiger partial charge on any atom is -0.496 e. The zero-order valence-electron chi connectivity index (χ0n) is 10.1. The molecule has 0 saturated carbocycles. The molecule has 1 unspecified atom stereocenters. The van der Waals surface area contributed by atoms with E-state index in [1.54, 1.807) is 12.3 Å². The van der Waals surface area contributed by atoms with Gasteiger partial charge in [-0.15, -0.1) is 0 Å². The highest BCUT2D eigenvalue weighted by Crippen LogP contribution is 2.47. The van der Waals surface area contributed by atoms with Crippen LogP contribution >= 0.6 is 0 Å². The van der Waals surface area contributed by atoms with Crippen LogP contribution < -0.4 is 10.5 Å². The summed E-state index contributed by atoms with van der Waals surface area (Å²) in [4.78, 5) is 4.53. The summed E-state index contributed by atoms with van der Waals surface area (Å²) in [6.07, 6.45) is 3.43. The Bertz CT molecular complexity index is 648. The quantitative estimate of drug-likeness (QED) is 0.762. The largest absolute Gasteiger partial charge is 0.496 e.